The molecule has 0 aromatic heterocycles. The summed E-state index contributed by atoms with van der Waals surface area (Å²) in [6, 6.07) is 7.62. The Balaban J connectivity index is 2.92. The number of ketones is 1. The summed E-state index contributed by atoms with van der Waals surface area (Å²) in [5, 5.41) is 0. The highest BCUT2D eigenvalue weighted by Gasteiger charge is 2.08. The van der Waals surface area contributed by atoms with Crippen LogP contribution < -0.4 is 5.73 Å². The first kappa shape index (κ1) is 10.3. The molecule has 3 heteroatoms. The van der Waals surface area contributed by atoms with E-state index in [1.165, 1.54) is 0 Å². The lowest BCUT2D eigenvalue weighted by Gasteiger charge is -2.04. The minimum Gasteiger partial charge on any atom is -0.330 e. The summed E-state index contributed by atoms with van der Waals surface area (Å²) in [4.78, 5) is 12.6. The number of thioether (sulfide) groups is 1. The maximum absolute atomic E-state index is 11.5. The van der Waals surface area contributed by atoms with E-state index in [4.69, 9.17) is 5.73 Å². The molecule has 0 atom stereocenters. The van der Waals surface area contributed by atoms with Crippen LogP contribution >= 0.6 is 11.8 Å². The fraction of sp³-hybridized carbons (Fsp3) is 0.300. The molecule has 0 unspecified atom stereocenters. The van der Waals surface area contributed by atoms with E-state index in [1.54, 1.807) is 11.8 Å². The monoisotopic (exact) mass is 195 g/mol. The minimum absolute atomic E-state index is 0.132. The molecule has 0 heterocycles. The van der Waals surface area contributed by atoms with Crippen LogP contribution in [0.3, 0.4) is 0 Å². The quantitative estimate of drug-likeness (QED) is 0.590. The first-order valence-corrected chi connectivity index (χ1v) is 5.38. The molecular formula is C10H13NOS. The first-order valence-electron chi connectivity index (χ1n) is 4.16. The molecule has 0 amide bonds. The highest BCUT2D eigenvalue weighted by molar-refractivity contribution is 7.98. The standard InChI is InChI=1S/C10H13NOS/c1-13-10-5-3-2-4-8(10)9(12)6-7-11/h2-5H,6-7,11H2,1H3. The van der Waals surface area contributed by atoms with E-state index < -0.39 is 0 Å². The van der Waals surface area contributed by atoms with E-state index in [-0.39, 0.29) is 5.78 Å². The molecule has 0 saturated carbocycles. The van der Waals surface area contributed by atoms with Crippen LogP contribution in [0.4, 0.5) is 0 Å². The Kier molecular flexibility index (Phi) is 3.99. The van der Waals surface area contributed by atoms with Gasteiger partial charge in [0.2, 0.25) is 0 Å². The molecule has 0 aliphatic heterocycles. The molecule has 0 fully saturated rings. The Morgan fingerprint density at radius 2 is 2.15 bits per heavy atom. The highest BCUT2D eigenvalue weighted by atomic mass is 32.2. The summed E-state index contributed by atoms with van der Waals surface area (Å²) < 4.78 is 0. The van der Waals surface area contributed by atoms with Gasteiger partial charge in [0.1, 0.15) is 0 Å². The number of carbonyl (C=O) groups is 1. The van der Waals surface area contributed by atoms with Crippen LogP contribution in [-0.2, 0) is 0 Å². The van der Waals surface area contributed by atoms with Gasteiger partial charge in [0.25, 0.3) is 0 Å². The molecule has 2 N–H and O–H groups in total. The molecule has 1 aromatic rings. The van der Waals surface area contributed by atoms with E-state index in [0.29, 0.717) is 13.0 Å². The first-order chi connectivity index (χ1) is 6.29. The third kappa shape index (κ3) is 2.57. The topological polar surface area (TPSA) is 43.1 Å². The van der Waals surface area contributed by atoms with Gasteiger partial charge in [-0.2, -0.15) is 0 Å². The van der Waals surface area contributed by atoms with Crippen LogP contribution in [0.25, 0.3) is 0 Å². The SMILES string of the molecule is CSc1ccccc1C(=O)CCN. The molecular weight excluding hydrogens is 182 g/mol. The van der Waals surface area contributed by atoms with Gasteiger partial charge in [0.15, 0.2) is 5.78 Å². The number of carbonyl (C=O) groups excluding carboxylic acids is 1. The van der Waals surface area contributed by atoms with Gasteiger partial charge in [-0.1, -0.05) is 18.2 Å². The van der Waals surface area contributed by atoms with Gasteiger partial charge in [-0.25, -0.2) is 0 Å². The molecule has 0 aliphatic carbocycles. The highest BCUT2D eigenvalue weighted by Crippen LogP contribution is 2.20. The van der Waals surface area contributed by atoms with Gasteiger partial charge >= 0.3 is 0 Å². The second kappa shape index (κ2) is 5.04. The normalized spacial score (nSPS) is 10.0. The van der Waals surface area contributed by atoms with Crippen LogP contribution in [-0.4, -0.2) is 18.6 Å². The van der Waals surface area contributed by atoms with Crippen molar-refractivity contribution in [2.24, 2.45) is 5.73 Å². The molecule has 0 bridgehead atoms. The third-order valence-corrected chi connectivity index (χ3v) is 2.57. The lowest BCUT2D eigenvalue weighted by molar-refractivity contribution is 0.0982. The summed E-state index contributed by atoms with van der Waals surface area (Å²) in [6.45, 7) is 0.418. The number of benzene rings is 1. The van der Waals surface area contributed by atoms with Crippen molar-refractivity contribution in [2.75, 3.05) is 12.8 Å². The average molecular weight is 195 g/mol. The average Bonchev–Trinajstić information content (AvgIpc) is 2.18. The Morgan fingerprint density at radius 1 is 1.46 bits per heavy atom. The van der Waals surface area contributed by atoms with Crippen molar-refractivity contribution in [1.82, 2.24) is 0 Å². The van der Waals surface area contributed by atoms with Gasteiger partial charge in [-0.3, -0.25) is 4.79 Å². The zero-order valence-corrected chi connectivity index (χ0v) is 8.43. The van der Waals surface area contributed by atoms with Gasteiger partial charge in [-0.15, -0.1) is 11.8 Å². The van der Waals surface area contributed by atoms with Gasteiger partial charge in [0, 0.05) is 16.9 Å². The summed E-state index contributed by atoms with van der Waals surface area (Å²) in [5.41, 5.74) is 6.12. The maximum atomic E-state index is 11.5. The smallest absolute Gasteiger partial charge is 0.165 e. The zero-order valence-electron chi connectivity index (χ0n) is 7.62. The van der Waals surface area contributed by atoms with Crippen molar-refractivity contribution in [3.8, 4) is 0 Å². The van der Waals surface area contributed by atoms with Crippen molar-refractivity contribution in [3.63, 3.8) is 0 Å². The Bertz CT molecular complexity index is 299. The van der Waals surface area contributed by atoms with Gasteiger partial charge in [-0.05, 0) is 18.9 Å². The van der Waals surface area contributed by atoms with E-state index in [0.717, 1.165) is 10.5 Å². The summed E-state index contributed by atoms with van der Waals surface area (Å²) in [6.07, 6.45) is 2.39. The lowest BCUT2D eigenvalue weighted by Crippen LogP contribution is -2.08. The van der Waals surface area contributed by atoms with Crippen molar-refractivity contribution in [3.05, 3.63) is 29.8 Å². The number of rotatable bonds is 4. The molecule has 13 heavy (non-hydrogen) atoms. The summed E-state index contributed by atoms with van der Waals surface area (Å²) in [7, 11) is 0. The summed E-state index contributed by atoms with van der Waals surface area (Å²) in [5.74, 6) is 0.132. The van der Waals surface area contributed by atoms with Crippen LogP contribution in [0, 0.1) is 0 Å². The Hall–Kier alpha value is -0.800. The fourth-order valence-corrected chi connectivity index (χ4v) is 1.76. The largest absolute Gasteiger partial charge is 0.330 e. The second-order valence-corrected chi connectivity index (χ2v) is 3.51. The zero-order chi connectivity index (χ0) is 9.68. The van der Waals surface area contributed by atoms with E-state index in [1.807, 2.05) is 30.5 Å². The van der Waals surface area contributed by atoms with Crippen molar-refractivity contribution in [1.29, 1.82) is 0 Å². The van der Waals surface area contributed by atoms with Gasteiger partial charge in [0.05, 0.1) is 0 Å². The Labute approximate surface area is 82.5 Å². The van der Waals surface area contributed by atoms with Crippen molar-refractivity contribution in [2.45, 2.75) is 11.3 Å². The summed E-state index contributed by atoms with van der Waals surface area (Å²) >= 11 is 1.59. The van der Waals surface area contributed by atoms with Crippen LogP contribution in [0.2, 0.25) is 0 Å². The number of hydrogen-bond acceptors (Lipinski definition) is 3. The second-order valence-electron chi connectivity index (χ2n) is 2.66. The molecule has 0 aliphatic rings. The third-order valence-electron chi connectivity index (χ3n) is 1.78. The number of nitrogens with two attached hydrogens (primary N) is 1. The number of hydrogen-bond donors (Lipinski definition) is 1. The predicted octanol–water partition coefficient (Wildman–Crippen LogP) is 1.94. The number of Topliss-reactive ketones (excluding diaryl/α,β-unsaturated/α-hetero) is 1. The van der Waals surface area contributed by atoms with Gasteiger partial charge < -0.3 is 5.73 Å². The van der Waals surface area contributed by atoms with Crippen LogP contribution in [0.5, 0.6) is 0 Å². The van der Waals surface area contributed by atoms with Crippen molar-refractivity contribution >= 4 is 17.5 Å². The molecule has 1 aromatic carbocycles. The fourth-order valence-electron chi connectivity index (χ4n) is 1.14. The molecule has 0 saturated heterocycles. The van der Waals surface area contributed by atoms with E-state index in [2.05, 4.69) is 0 Å². The predicted molar refractivity (Wildman–Crippen MR) is 56.2 cm³/mol. The Morgan fingerprint density at radius 3 is 2.77 bits per heavy atom. The molecule has 0 radical (unpaired) electrons. The van der Waals surface area contributed by atoms with E-state index in [9.17, 15) is 4.79 Å². The molecule has 70 valence electrons. The van der Waals surface area contributed by atoms with Crippen LogP contribution in [0.1, 0.15) is 16.8 Å². The molecule has 0 spiro atoms. The van der Waals surface area contributed by atoms with Crippen molar-refractivity contribution < 1.29 is 4.79 Å². The van der Waals surface area contributed by atoms with E-state index >= 15 is 0 Å². The maximum Gasteiger partial charge on any atom is 0.165 e. The molecule has 1 rings (SSSR count). The van der Waals surface area contributed by atoms with Crippen LogP contribution in [0.15, 0.2) is 29.2 Å². The molecule has 2 nitrogen and oxygen atoms in total. The lowest BCUT2D eigenvalue weighted by atomic mass is 10.1. The minimum atomic E-state index is 0.132.